The lowest BCUT2D eigenvalue weighted by molar-refractivity contribution is -0.138. The Labute approximate surface area is 151 Å². The van der Waals surface area contributed by atoms with Crippen molar-refractivity contribution in [2.45, 2.75) is 63.7 Å². The van der Waals surface area contributed by atoms with Crippen LogP contribution in [-0.2, 0) is 15.0 Å². The van der Waals surface area contributed by atoms with Gasteiger partial charge in [-0.25, -0.2) is 0 Å². The summed E-state index contributed by atoms with van der Waals surface area (Å²) in [4.78, 5) is 27.3. The molecule has 2 saturated carbocycles. The lowest BCUT2D eigenvalue weighted by Crippen LogP contribution is -2.47. The van der Waals surface area contributed by atoms with Crippen LogP contribution in [-0.4, -0.2) is 36.6 Å². The second-order valence-electron chi connectivity index (χ2n) is 8.17. The first kappa shape index (κ1) is 18.3. The Balaban J connectivity index is 1.82. The van der Waals surface area contributed by atoms with Gasteiger partial charge in [-0.2, -0.15) is 0 Å². The van der Waals surface area contributed by atoms with Crippen LogP contribution in [0.25, 0.3) is 0 Å². The maximum Gasteiger partial charge on any atom is 0.146 e. The summed E-state index contributed by atoms with van der Waals surface area (Å²) in [5, 5.41) is 0. The number of hydrogen-bond acceptors (Lipinski definition) is 3. The van der Waals surface area contributed by atoms with Crippen LogP contribution >= 0.6 is 0 Å². The predicted octanol–water partition coefficient (Wildman–Crippen LogP) is 4.15. The number of benzene rings is 1. The van der Waals surface area contributed by atoms with Gasteiger partial charge in [-0.05, 0) is 51.3 Å². The van der Waals surface area contributed by atoms with Crippen molar-refractivity contribution in [3.63, 3.8) is 0 Å². The fourth-order valence-electron chi connectivity index (χ4n) is 4.93. The van der Waals surface area contributed by atoms with Crippen molar-refractivity contribution >= 4 is 11.6 Å². The van der Waals surface area contributed by atoms with Gasteiger partial charge in [0.25, 0.3) is 0 Å². The largest absolute Gasteiger partial charge is 0.305 e. The van der Waals surface area contributed by atoms with Crippen LogP contribution in [0.5, 0.6) is 0 Å². The van der Waals surface area contributed by atoms with Crippen LogP contribution in [0.4, 0.5) is 0 Å². The summed E-state index contributed by atoms with van der Waals surface area (Å²) in [5.74, 6) is 0.414. The third kappa shape index (κ3) is 3.44. The van der Waals surface area contributed by atoms with E-state index in [1.165, 1.54) is 18.4 Å². The molecular formula is C22H31NO2. The first-order valence-corrected chi connectivity index (χ1v) is 9.83. The molecule has 136 valence electrons. The molecule has 0 N–H and O–H groups in total. The van der Waals surface area contributed by atoms with Crippen molar-refractivity contribution in [2.75, 3.05) is 20.1 Å². The summed E-state index contributed by atoms with van der Waals surface area (Å²) in [6.07, 6.45) is 6.69. The van der Waals surface area contributed by atoms with E-state index < -0.39 is 5.41 Å². The number of carbonyl (C=O) groups is 2. The number of ketones is 2. The Kier molecular flexibility index (Phi) is 5.43. The molecule has 1 aromatic carbocycles. The van der Waals surface area contributed by atoms with Gasteiger partial charge in [0.15, 0.2) is 0 Å². The number of Topliss-reactive ketones (excluding diaryl/α,β-unsaturated/α-hetero) is 2. The monoisotopic (exact) mass is 341 g/mol. The van der Waals surface area contributed by atoms with Gasteiger partial charge in [0.2, 0.25) is 0 Å². The van der Waals surface area contributed by atoms with E-state index in [2.05, 4.69) is 49.2 Å². The topological polar surface area (TPSA) is 37.4 Å². The fraction of sp³-hybridized carbons (Fsp3) is 0.636. The molecule has 0 amide bonds. The maximum absolute atomic E-state index is 12.4. The molecule has 2 aliphatic carbocycles. The Morgan fingerprint density at radius 2 is 1.56 bits per heavy atom. The highest BCUT2D eigenvalue weighted by Crippen LogP contribution is 2.51. The smallest absolute Gasteiger partial charge is 0.146 e. The molecule has 1 spiro atoms. The van der Waals surface area contributed by atoms with Gasteiger partial charge >= 0.3 is 0 Å². The Morgan fingerprint density at radius 1 is 0.960 bits per heavy atom. The summed E-state index contributed by atoms with van der Waals surface area (Å²) >= 11 is 0. The first-order valence-electron chi connectivity index (χ1n) is 9.83. The number of hydrogen-bond donors (Lipinski definition) is 0. The van der Waals surface area contributed by atoms with Crippen LogP contribution in [0.2, 0.25) is 0 Å². The minimum Gasteiger partial charge on any atom is -0.305 e. The SMILES string of the molecule is CCCCN(C)CC1(c2ccccc2)CCC2(CC1)C(=O)CCC2=O. The van der Waals surface area contributed by atoms with Crippen LogP contribution in [0.1, 0.15) is 63.9 Å². The molecule has 2 aliphatic rings. The van der Waals surface area contributed by atoms with Crippen LogP contribution in [0, 0.1) is 5.41 Å². The molecule has 0 radical (unpaired) electrons. The van der Waals surface area contributed by atoms with Gasteiger partial charge in [0.05, 0.1) is 5.41 Å². The van der Waals surface area contributed by atoms with E-state index in [-0.39, 0.29) is 17.0 Å². The van der Waals surface area contributed by atoms with Crippen molar-refractivity contribution in [3.05, 3.63) is 35.9 Å². The minimum absolute atomic E-state index is 0.0676. The molecule has 0 aliphatic heterocycles. The van der Waals surface area contributed by atoms with E-state index in [1.807, 2.05) is 0 Å². The summed E-state index contributed by atoms with van der Waals surface area (Å²) in [5.41, 5.74) is 0.796. The molecule has 0 saturated heterocycles. The van der Waals surface area contributed by atoms with Crippen molar-refractivity contribution < 1.29 is 9.59 Å². The molecule has 0 bridgehead atoms. The Bertz CT molecular complexity index is 596. The quantitative estimate of drug-likeness (QED) is 0.730. The highest BCUT2D eigenvalue weighted by Gasteiger charge is 2.54. The molecular weight excluding hydrogens is 310 g/mol. The number of unbranched alkanes of at least 4 members (excludes halogenated alkanes) is 1. The maximum atomic E-state index is 12.4. The van der Waals surface area contributed by atoms with E-state index >= 15 is 0 Å². The van der Waals surface area contributed by atoms with Gasteiger partial charge in [-0.1, -0.05) is 43.7 Å². The minimum atomic E-state index is -0.639. The standard InChI is InChI=1S/C22H31NO2/c1-3-4-16-23(2)17-21(18-8-6-5-7-9-18)12-14-22(15-13-21)19(24)10-11-20(22)25/h5-9H,3-4,10-17H2,1-2H3. The third-order valence-corrected chi connectivity index (χ3v) is 6.56. The lowest BCUT2D eigenvalue weighted by atomic mass is 9.59. The number of nitrogens with zero attached hydrogens (tertiary/aromatic N) is 1. The van der Waals surface area contributed by atoms with Crippen molar-refractivity contribution in [1.29, 1.82) is 0 Å². The number of likely N-dealkylation sites (N-methyl/N-ethyl adjacent to an activating group) is 1. The molecule has 0 heterocycles. The van der Waals surface area contributed by atoms with E-state index in [4.69, 9.17) is 0 Å². The summed E-state index contributed by atoms with van der Waals surface area (Å²) in [6, 6.07) is 10.7. The molecule has 3 nitrogen and oxygen atoms in total. The average Bonchev–Trinajstić information content (AvgIpc) is 2.91. The third-order valence-electron chi connectivity index (χ3n) is 6.56. The van der Waals surface area contributed by atoms with Gasteiger partial charge < -0.3 is 4.90 Å². The molecule has 1 aromatic rings. The normalized spacial score (nSPS) is 22.0. The summed E-state index contributed by atoms with van der Waals surface area (Å²) < 4.78 is 0. The van der Waals surface area contributed by atoms with E-state index in [0.717, 1.165) is 38.8 Å². The highest BCUT2D eigenvalue weighted by molar-refractivity contribution is 6.12. The zero-order valence-corrected chi connectivity index (χ0v) is 15.7. The van der Waals surface area contributed by atoms with Gasteiger partial charge in [0, 0.05) is 24.8 Å². The van der Waals surface area contributed by atoms with Gasteiger partial charge in [-0.15, -0.1) is 0 Å². The molecule has 0 aromatic heterocycles. The summed E-state index contributed by atoms with van der Waals surface area (Å²) in [7, 11) is 2.20. The Hall–Kier alpha value is -1.48. The first-order chi connectivity index (χ1) is 12.0. The Morgan fingerprint density at radius 3 is 2.12 bits per heavy atom. The molecule has 25 heavy (non-hydrogen) atoms. The molecule has 2 fully saturated rings. The van der Waals surface area contributed by atoms with Crippen molar-refractivity contribution in [2.24, 2.45) is 5.41 Å². The lowest BCUT2D eigenvalue weighted by Gasteiger charge is -2.45. The van der Waals surface area contributed by atoms with Crippen molar-refractivity contribution in [1.82, 2.24) is 4.90 Å². The van der Waals surface area contributed by atoms with Crippen LogP contribution < -0.4 is 0 Å². The zero-order valence-electron chi connectivity index (χ0n) is 15.7. The van der Waals surface area contributed by atoms with Gasteiger partial charge in [0.1, 0.15) is 11.6 Å². The highest BCUT2D eigenvalue weighted by atomic mass is 16.2. The average molecular weight is 341 g/mol. The van der Waals surface area contributed by atoms with E-state index in [9.17, 15) is 9.59 Å². The molecule has 3 rings (SSSR count). The van der Waals surface area contributed by atoms with Crippen LogP contribution in [0.15, 0.2) is 30.3 Å². The van der Waals surface area contributed by atoms with E-state index in [1.54, 1.807) is 0 Å². The van der Waals surface area contributed by atoms with Crippen molar-refractivity contribution in [3.8, 4) is 0 Å². The second-order valence-corrected chi connectivity index (χ2v) is 8.17. The van der Waals surface area contributed by atoms with Gasteiger partial charge in [-0.3, -0.25) is 9.59 Å². The molecule has 0 unspecified atom stereocenters. The molecule has 3 heteroatoms. The van der Waals surface area contributed by atoms with Crippen LogP contribution in [0.3, 0.4) is 0 Å². The number of carbonyl (C=O) groups excluding carboxylic acids is 2. The van der Waals surface area contributed by atoms with E-state index in [0.29, 0.717) is 12.8 Å². The number of rotatable bonds is 6. The summed E-state index contributed by atoms with van der Waals surface area (Å²) in [6.45, 7) is 4.34. The molecule has 0 atom stereocenters. The fourth-order valence-corrected chi connectivity index (χ4v) is 4.93. The second kappa shape index (κ2) is 7.41. The zero-order chi connectivity index (χ0) is 17.9. The predicted molar refractivity (Wildman–Crippen MR) is 101 cm³/mol.